The number of ether oxygens (including phenoxy) is 5. The maximum atomic E-state index is 12.7. The fourth-order valence-electron chi connectivity index (χ4n) is 4.21. The smallest absolute Gasteiger partial charge is 0.343 e. The van der Waals surface area contributed by atoms with Crippen molar-refractivity contribution in [3.63, 3.8) is 0 Å². The Hall–Kier alpha value is -4.07. The van der Waals surface area contributed by atoms with Gasteiger partial charge < -0.3 is 23.7 Å². The molecule has 1 aliphatic heterocycles. The molecule has 1 aliphatic rings. The molecule has 3 atom stereocenters. The third-order valence-electron chi connectivity index (χ3n) is 6.37. The molecule has 0 radical (unpaired) electrons. The van der Waals surface area contributed by atoms with Gasteiger partial charge in [-0.25, -0.2) is 14.4 Å². The van der Waals surface area contributed by atoms with E-state index in [0.717, 1.165) is 38.2 Å². The highest BCUT2D eigenvalue weighted by molar-refractivity contribution is 5.91. The number of hydrogen-bond donors (Lipinski definition) is 0. The van der Waals surface area contributed by atoms with Crippen molar-refractivity contribution < 1.29 is 38.1 Å². The lowest BCUT2D eigenvalue weighted by Gasteiger charge is -2.23. The fraction of sp³-hybridized carbons (Fsp3) is 0.406. The maximum absolute atomic E-state index is 12.7. The summed E-state index contributed by atoms with van der Waals surface area (Å²) in [6.45, 7) is 11.3. The van der Waals surface area contributed by atoms with E-state index in [1.807, 2.05) is 6.92 Å². The van der Waals surface area contributed by atoms with E-state index in [0.29, 0.717) is 47.6 Å². The minimum absolute atomic E-state index is 0.303. The molecule has 3 rings (SSSR count). The van der Waals surface area contributed by atoms with Gasteiger partial charge in [0, 0.05) is 24.5 Å². The standard InChI is InChI=1S/C32H38O8/c1-5-8-9-10-12-30(40-29(33)7-3)37-25-17-19-26(20-18-25)38-32(35)23-13-15-24(16-14-23)36-27(11-6-2)28-21-22(4)31(34)39-28/h7,13-20,27-28,30H,3-6,8-12,21H2,1-2H3. The van der Waals surface area contributed by atoms with E-state index in [9.17, 15) is 14.4 Å². The number of carbonyl (C=O) groups is 3. The van der Waals surface area contributed by atoms with Crippen molar-refractivity contribution in [2.45, 2.75) is 83.7 Å². The van der Waals surface area contributed by atoms with Gasteiger partial charge in [-0.1, -0.05) is 52.7 Å². The summed E-state index contributed by atoms with van der Waals surface area (Å²) in [6, 6.07) is 13.1. The Morgan fingerprint density at radius 2 is 1.57 bits per heavy atom. The summed E-state index contributed by atoms with van der Waals surface area (Å²) in [6.07, 6.45) is 6.38. The monoisotopic (exact) mass is 550 g/mol. The van der Waals surface area contributed by atoms with Crippen LogP contribution < -0.4 is 14.2 Å². The van der Waals surface area contributed by atoms with Crippen LogP contribution in [0.1, 0.15) is 75.6 Å². The molecule has 0 aliphatic carbocycles. The lowest BCUT2D eigenvalue weighted by molar-refractivity contribution is -0.158. The largest absolute Gasteiger partial charge is 0.487 e. The first kappa shape index (κ1) is 30.5. The maximum Gasteiger partial charge on any atom is 0.343 e. The lowest BCUT2D eigenvalue weighted by Crippen LogP contribution is -2.31. The molecule has 0 spiro atoms. The zero-order valence-corrected chi connectivity index (χ0v) is 23.3. The van der Waals surface area contributed by atoms with Gasteiger partial charge in [0.2, 0.25) is 6.29 Å². The molecule has 0 aromatic heterocycles. The van der Waals surface area contributed by atoms with Crippen LogP contribution >= 0.6 is 0 Å². The van der Waals surface area contributed by atoms with E-state index in [4.69, 9.17) is 23.7 Å². The summed E-state index contributed by atoms with van der Waals surface area (Å²) >= 11 is 0. The molecule has 8 heteroatoms. The van der Waals surface area contributed by atoms with Gasteiger partial charge in [-0.2, -0.15) is 0 Å². The summed E-state index contributed by atoms with van der Waals surface area (Å²) in [5.74, 6) is -0.0724. The molecule has 40 heavy (non-hydrogen) atoms. The molecular weight excluding hydrogens is 512 g/mol. The molecule has 1 heterocycles. The highest BCUT2D eigenvalue weighted by Gasteiger charge is 2.34. The van der Waals surface area contributed by atoms with Crippen LogP contribution in [0.25, 0.3) is 0 Å². The van der Waals surface area contributed by atoms with Gasteiger partial charge in [-0.05, 0) is 61.4 Å². The van der Waals surface area contributed by atoms with Gasteiger partial charge >= 0.3 is 17.9 Å². The molecule has 1 saturated heterocycles. The topological polar surface area (TPSA) is 97.4 Å². The predicted octanol–water partition coefficient (Wildman–Crippen LogP) is 6.73. The molecule has 0 amide bonds. The highest BCUT2D eigenvalue weighted by atomic mass is 16.7. The zero-order chi connectivity index (χ0) is 28.9. The van der Waals surface area contributed by atoms with Crippen molar-refractivity contribution >= 4 is 17.9 Å². The van der Waals surface area contributed by atoms with Crippen molar-refractivity contribution in [1.82, 2.24) is 0 Å². The SMILES string of the molecule is C=CC(=O)OC(CCCCCC)Oc1ccc(OC(=O)c2ccc(OC(CCC)C3CC(=C)C(=O)O3)cc2)cc1. The van der Waals surface area contributed by atoms with Crippen LogP contribution in [0.2, 0.25) is 0 Å². The van der Waals surface area contributed by atoms with E-state index >= 15 is 0 Å². The summed E-state index contributed by atoms with van der Waals surface area (Å²) in [5, 5.41) is 0. The van der Waals surface area contributed by atoms with Crippen LogP contribution in [0.3, 0.4) is 0 Å². The Kier molecular flexibility index (Phi) is 11.8. The van der Waals surface area contributed by atoms with Gasteiger partial charge in [0.1, 0.15) is 29.5 Å². The summed E-state index contributed by atoms with van der Waals surface area (Å²) in [5.41, 5.74) is 0.801. The van der Waals surface area contributed by atoms with Gasteiger partial charge in [0.25, 0.3) is 0 Å². The first-order chi connectivity index (χ1) is 19.3. The van der Waals surface area contributed by atoms with Gasteiger partial charge in [0.15, 0.2) is 0 Å². The third kappa shape index (κ3) is 9.29. The van der Waals surface area contributed by atoms with Crippen LogP contribution in [0.15, 0.2) is 73.3 Å². The Bertz CT molecular complexity index is 1140. The molecule has 2 aromatic carbocycles. The van der Waals surface area contributed by atoms with Gasteiger partial charge in [0.05, 0.1) is 5.56 Å². The predicted molar refractivity (Wildman–Crippen MR) is 150 cm³/mol. The van der Waals surface area contributed by atoms with Gasteiger partial charge in [-0.3, -0.25) is 0 Å². The van der Waals surface area contributed by atoms with E-state index in [1.165, 1.54) is 0 Å². The molecule has 0 bridgehead atoms. The molecule has 0 N–H and O–H groups in total. The Morgan fingerprint density at radius 3 is 2.17 bits per heavy atom. The first-order valence-corrected chi connectivity index (χ1v) is 13.8. The second-order valence-electron chi connectivity index (χ2n) is 9.62. The second kappa shape index (κ2) is 15.5. The number of unbranched alkanes of at least 4 members (excludes halogenated alkanes) is 3. The summed E-state index contributed by atoms with van der Waals surface area (Å²) in [7, 11) is 0. The van der Waals surface area contributed by atoms with E-state index < -0.39 is 18.2 Å². The number of esters is 3. The average Bonchev–Trinajstić information content (AvgIpc) is 3.29. The Labute approximate surface area is 235 Å². The fourth-order valence-corrected chi connectivity index (χ4v) is 4.21. The van der Waals surface area contributed by atoms with Crippen LogP contribution in [0.5, 0.6) is 17.2 Å². The van der Waals surface area contributed by atoms with E-state index in [-0.39, 0.29) is 18.2 Å². The minimum atomic E-state index is -0.729. The molecule has 0 saturated carbocycles. The number of benzene rings is 2. The Morgan fingerprint density at radius 1 is 0.925 bits per heavy atom. The van der Waals surface area contributed by atoms with Crippen LogP contribution in [-0.4, -0.2) is 36.4 Å². The molecule has 3 unspecified atom stereocenters. The number of hydrogen-bond acceptors (Lipinski definition) is 8. The van der Waals surface area contributed by atoms with E-state index in [1.54, 1.807) is 48.5 Å². The number of cyclic esters (lactones) is 1. The lowest BCUT2D eigenvalue weighted by atomic mass is 10.0. The van der Waals surface area contributed by atoms with Crippen molar-refractivity contribution in [3.05, 3.63) is 78.9 Å². The molecule has 1 fully saturated rings. The second-order valence-corrected chi connectivity index (χ2v) is 9.62. The van der Waals surface area contributed by atoms with E-state index in [2.05, 4.69) is 20.1 Å². The normalized spacial score (nSPS) is 16.0. The summed E-state index contributed by atoms with van der Waals surface area (Å²) < 4.78 is 28.1. The Balaban J connectivity index is 1.55. The first-order valence-electron chi connectivity index (χ1n) is 13.8. The number of carbonyl (C=O) groups excluding carboxylic acids is 3. The van der Waals surface area contributed by atoms with Crippen molar-refractivity contribution in [2.24, 2.45) is 0 Å². The van der Waals surface area contributed by atoms with Crippen molar-refractivity contribution in [2.75, 3.05) is 0 Å². The molecular formula is C32H38O8. The molecule has 214 valence electrons. The van der Waals surface area contributed by atoms with Crippen LogP contribution in [0.4, 0.5) is 0 Å². The van der Waals surface area contributed by atoms with Crippen LogP contribution in [0, 0.1) is 0 Å². The minimum Gasteiger partial charge on any atom is -0.487 e. The quantitative estimate of drug-likeness (QED) is 0.0746. The average molecular weight is 551 g/mol. The molecule has 8 nitrogen and oxygen atoms in total. The summed E-state index contributed by atoms with van der Waals surface area (Å²) in [4.78, 5) is 36.1. The number of rotatable bonds is 16. The third-order valence-corrected chi connectivity index (χ3v) is 6.37. The zero-order valence-electron chi connectivity index (χ0n) is 23.3. The van der Waals surface area contributed by atoms with Gasteiger partial charge in [-0.15, -0.1) is 0 Å². The highest BCUT2D eigenvalue weighted by Crippen LogP contribution is 2.27. The van der Waals surface area contributed by atoms with Crippen LogP contribution in [-0.2, 0) is 19.1 Å². The van der Waals surface area contributed by atoms with Crippen molar-refractivity contribution in [1.29, 1.82) is 0 Å². The molecule has 2 aromatic rings. The van der Waals surface area contributed by atoms with Crippen molar-refractivity contribution in [3.8, 4) is 17.2 Å².